The van der Waals surface area contributed by atoms with E-state index in [1.54, 1.807) is 25.6 Å². The van der Waals surface area contributed by atoms with E-state index < -0.39 is 24.3 Å². The van der Waals surface area contributed by atoms with Crippen molar-refractivity contribution in [2.75, 3.05) is 13.2 Å². The molecule has 2 atom stereocenters. The maximum absolute atomic E-state index is 13.0. The van der Waals surface area contributed by atoms with Gasteiger partial charge in [0.2, 0.25) is 0 Å². The molecule has 0 bridgehead atoms. The van der Waals surface area contributed by atoms with Gasteiger partial charge in [-0.3, -0.25) is 9.59 Å². The first-order chi connectivity index (χ1) is 13.9. The Kier molecular flexibility index (Phi) is 6.54. The van der Waals surface area contributed by atoms with E-state index in [2.05, 4.69) is 25.2 Å². The second-order valence-corrected chi connectivity index (χ2v) is 14.0. The lowest BCUT2D eigenvalue weighted by Gasteiger charge is -2.34. The molecule has 0 unspecified atom stereocenters. The molecule has 154 valence electrons. The molecule has 29 heavy (non-hydrogen) atoms. The summed E-state index contributed by atoms with van der Waals surface area (Å²) >= 11 is 1.64. The molecule has 1 aliphatic carbocycles. The number of hydrogen-bond donors (Lipinski definition) is 0. The van der Waals surface area contributed by atoms with E-state index in [0.717, 1.165) is 4.90 Å². The SMILES string of the molecule is CCOC(=O)[C@H]1[C@H](C(=O)OCC)C1(Sc1ccccc1)[Si](C)(C)c1ccccc1. The van der Waals surface area contributed by atoms with Gasteiger partial charge in [-0.25, -0.2) is 0 Å². The highest BCUT2D eigenvalue weighted by molar-refractivity contribution is 8.03. The van der Waals surface area contributed by atoms with Crippen LogP contribution in [0.4, 0.5) is 0 Å². The summed E-state index contributed by atoms with van der Waals surface area (Å²) in [5.74, 6) is -1.61. The van der Waals surface area contributed by atoms with Crippen molar-refractivity contribution < 1.29 is 19.1 Å². The van der Waals surface area contributed by atoms with Crippen LogP contribution in [0.3, 0.4) is 0 Å². The number of rotatable bonds is 8. The molecule has 2 aromatic carbocycles. The van der Waals surface area contributed by atoms with E-state index in [4.69, 9.17) is 9.47 Å². The van der Waals surface area contributed by atoms with Crippen LogP contribution in [-0.2, 0) is 19.1 Å². The zero-order valence-corrected chi connectivity index (χ0v) is 19.2. The maximum Gasteiger partial charge on any atom is 0.311 e. The topological polar surface area (TPSA) is 52.6 Å². The van der Waals surface area contributed by atoms with Crippen LogP contribution in [0.5, 0.6) is 0 Å². The van der Waals surface area contributed by atoms with Gasteiger partial charge in [0.25, 0.3) is 0 Å². The first-order valence-corrected chi connectivity index (χ1v) is 13.8. The molecule has 0 saturated heterocycles. The van der Waals surface area contributed by atoms with Crippen LogP contribution in [0.2, 0.25) is 13.1 Å². The predicted molar refractivity (Wildman–Crippen MR) is 119 cm³/mol. The van der Waals surface area contributed by atoms with Crippen LogP contribution in [0.1, 0.15) is 13.8 Å². The molecular weight excluding hydrogens is 400 g/mol. The normalized spacial score (nSPS) is 23.3. The lowest BCUT2D eigenvalue weighted by atomic mass is 10.3. The van der Waals surface area contributed by atoms with Crippen molar-refractivity contribution in [2.24, 2.45) is 11.8 Å². The summed E-state index contributed by atoms with van der Waals surface area (Å²) in [6.07, 6.45) is 0. The third-order valence-corrected chi connectivity index (χ3v) is 13.3. The van der Waals surface area contributed by atoms with E-state index >= 15 is 0 Å². The van der Waals surface area contributed by atoms with Gasteiger partial charge >= 0.3 is 11.9 Å². The molecule has 1 saturated carbocycles. The largest absolute Gasteiger partial charge is 0.466 e. The Morgan fingerprint density at radius 3 is 1.76 bits per heavy atom. The van der Waals surface area contributed by atoms with Gasteiger partial charge in [-0.1, -0.05) is 66.8 Å². The number of hydrogen-bond acceptors (Lipinski definition) is 5. The van der Waals surface area contributed by atoms with Gasteiger partial charge in [-0.2, -0.15) is 0 Å². The minimum absolute atomic E-state index is 0.296. The van der Waals surface area contributed by atoms with E-state index in [0.29, 0.717) is 13.2 Å². The van der Waals surface area contributed by atoms with Crippen molar-refractivity contribution in [1.29, 1.82) is 0 Å². The van der Waals surface area contributed by atoms with Gasteiger partial charge in [-0.15, -0.1) is 11.8 Å². The van der Waals surface area contributed by atoms with Crippen molar-refractivity contribution in [3.05, 3.63) is 60.7 Å². The highest BCUT2D eigenvalue weighted by Crippen LogP contribution is 2.66. The average molecular weight is 429 g/mol. The number of esters is 2. The van der Waals surface area contributed by atoms with Gasteiger partial charge in [-0.05, 0) is 26.0 Å². The summed E-state index contributed by atoms with van der Waals surface area (Å²) in [5, 5.41) is 1.21. The standard InChI is InChI=1S/C23H28O4SSi/c1-5-26-21(24)19-20(22(25)27-6-2)23(19,28-17-13-9-7-10-14-17)29(3,4)18-15-11-8-12-16-18/h7-16,19-20H,5-6H2,1-4H3/t19-,20-/m1/s1. The Balaban J connectivity index is 2.13. The fourth-order valence-electron chi connectivity index (χ4n) is 4.25. The van der Waals surface area contributed by atoms with E-state index in [9.17, 15) is 9.59 Å². The summed E-state index contributed by atoms with van der Waals surface area (Å²) < 4.78 is 10.3. The van der Waals surface area contributed by atoms with Crippen LogP contribution in [0, 0.1) is 11.8 Å². The summed E-state index contributed by atoms with van der Waals surface area (Å²) in [4.78, 5) is 27.0. The summed E-state index contributed by atoms with van der Waals surface area (Å²) in [7, 11) is -2.33. The highest BCUT2D eigenvalue weighted by Gasteiger charge is 2.79. The second kappa shape index (κ2) is 8.75. The summed E-state index contributed by atoms with van der Waals surface area (Å²) in [5.41, 5.74) is 0. The van der Waals surface area contributed by atoms with E-state index in [-0.39, 0.29) is 11.9 Å². The van der Waals surface area contributed by atoms with E-state index in [1.165, 1.54) is 5.19 Å². The number of carbonyl (C=O) groups is 2. The predicted octanol–water partition coefficient (Wildman–Crippen LogP) is 4.04. The Morgan fingerprint density at radius 1 is 0.862 bits per heavy atom. The van der Waals surface area contributed by atoms with Gasteiger partial charge in [0.05, 0.1) is 25.0 Å². The third kappa shape index (κ3) is 3.88. The number of thioether (sulfide) groups is 1. The number of carbonyl (C=O) groups excluding carboxylic acids is 2. The quantitative estimate of drug-likeness (QED) is 0.469. The Morgan fingerprint density at radius 2 is 1.31 bits per heavy atom. The first-order valence-electron chi connectivity index (χ1n) is 10.0. The van der Waals surface area contributed by atoms with Crippen LogP contribution in [0.15, 0.2) is 65.6 Å². The summed E-state index contributed by atoms with van der Waals surface area (Å²) in [6.45, 7) is 8.67. The highest BCUT2D eigenvalue weighted by atomic mass is 32.2. The van der Waals surface area contributed by atoms with Crippen molar-refractivity contribution >= 4 is 37.0 Å². The molecule has 1 aliphatic rings. The molecule has 0 radical (unpaired) electrons. The molecule has 0 aromatic heterocycles. The minimum Gasteiger partial charge on any atom is -0.466 e. The van der Waals surface area contributed by atoms with Gasteiger partial charge in [0.15, 0.2) is 0 Å². The molecule has 3 rings (SSSR count). The molecule has 2 aromatic rings. The fourth-order valence-corrected chi connectivity index (χ4v) is 10.8. The number of benzene rings is 2. The Labute approximate surface area is 178 Å². The molecule has 1 fully saturated rings. The summed E-state index contributed by atoms with van der Waals surface area (Å²) in [6, 6.07) is 20.2. The maximum atomic E-state index is 13.0. The zero-order valence-electron chi connectivity index (χ0n) is 17.4. The van der Waals surface area contributed by atoms with Crippen LogP contribution >= 0.6 is 11.8 Å². The lowest BCUT2D eigenvalue weighted by Crippen LogP contribution is -2.55. The van der Waals surface area contributed by atoms with E-state index in [1.807, 2.05) is 48.5 Å². The molecule has 4 nitrogen and oxygen atoms in total. The third-order valence-electron chi connectivity index (χ3n) is 5.73. The van der Waals surface area contributed by atoms with Crippen LogP contribution in [0.25, 0.3) is 0 Å². The van der Waals surface area contributed by atoms with Crippen molar-refractivity contribution in [3.63, 3.8) is 0 Å². The average Bonchev–Trinajstić information content (AvgIpc) is 3.40. The molecule has 0 amide bonds. The second-order valence-electron chi connectivity index (χ2n) is 7.66. The van der Waals surface area contributed by atoms with Crippen molar-refractivity contribution in [2.45, 2.75) is 36.2 Å². The Hall–Kier alpha value is -2.05. The van der Waals surface area contributed by atoms with Gasteiger partial charge in [0, 0.05) is 9.27 Å². The molecule has 0 spiro atoms. The minimum atomic E-state index is -2.33. The van der Waals surface area contributed by atoms with Crippen molar-refractivity contribution in [3.8, 4) is 0 Å². The molecule has 0 heterocycles. The van der Waals surface area contributed by atoms with Crippen molar-refractivity contribution in [1.82, 2.24) is 0 Å². The Bertz CT molecular complexity index is 830. The molecule has 6 heteroatoms. The number of ether oxygens (including phenoxy) is 2. The van der Waals surface area contributed by atoms with Crippen LogP contribution < -0.4 is 5.19 Å². The van der Waals surface area contributed by atoms with Gasteiger partial charge < -0.3 is 9.47 Å². The van der Waals surface area contributed by atoms with Crippen LogP contribution in [-0.4, -0.2) is 37.6 Å². The molecule has 0 aliphatic heterocycles. The lowest BCUT2D eigenvalue weighted by molar-refractivity contribution is -0.150. The fraction of sp³-hybridized carbons (Fsp3) is 0.391. The monoisotopic (exact) mass is 428 g/mol. The zero-order chi connectivity index (χ0) is 21.1. The molecular formula is C23H28O4SSi. The van der Waals surface area contributed by atoms with Gasteiger partial charge in [0.1, 0.15) is 8.07 Å². The molecule has 0 N–H and O–H groups in total. The first kappa shape index (κ1) is 21.7. The smallest absolute Gasteiger partial charge is 0.311 e.